The third kappa shape index (κ3) is 1.85. The van der Waals surface area contributed by atoms with Gasteiger partial charge in [0, 0.05) is 11.1 Å². The third-order valence-electron chi connectivity index (χ3n) is 2.57. The molecule has 1 aromatic heterocycles. The first-order valence-electron chi connectivity index (χ1n) is 5.42. The zero-order valence-corrected chi connectivity index (χ0v) is 10.2. The summed E-state index contributed by atoms with van der Waals surface area (Å²) in [6.07, 6.45) is 0. The summed E-state index contributed by atoms with van der Waals surface area (Å²) in [7, 11) is 0. The summed E-state index contributed by atoms with van der Waals surface area (Å²) in [4.78, 5) is 9.23. The minimum absolute atomic E-state index is 0.00980. The van der Waals surface area contributed by atoms with Crippen molar-refractivity contribution in [3.8, 4) is 0 Å². The number of anilines is 1. The van der Waals surface area contributed by atoms with Gasteiger partial charge in [-0.1, -0.05) is 20.8 Å². The average Bonchev–Trinajstić information content (AvgIpc) is 2.16. The Morgan fingerprint density at radius 1 is 1.06 bits per heavy atom. The molecule has 0 atom stereocenters. The summed E-state index contributed by atoms with van der Waals surface area (Å²) in [5, 5.41) is 0. The van der Waals surface area contributed by atoms with Crippen LogP contribution in [0.25, 0.3) is 11.0 Å². The van der Waals surface area contributed by atoms with E-state index in [9.17, 15) is 0 Å². The second kappa shape index (κ2) is 3.44. The lowest BCUT2D eigenvalue weighted by molar-refractivity contribution is 0.563. The molecule has 0 unspecified atom stereocenters. The lowest BCUT2D eigenvalue weighted by atomic mass is 9.90. The van der Waals surface area contributed by atoms with E-state index in [2.05, 4.69) is 30.7 Å². The summed E-state index contributed by atoms with van der Waals surface area (Å²) in [6, 6.07) is 5.64. The molecule has 0 aliphatic heterocycles. The van der Waals surface area contributed by atoms with E-state index in [1.54, 1.807) is 0 Å². The predicted octanol–water partition coefficient (Wildman–Crippen LogP) is 2.82. The average molecular weight is 215 g/mol. The number of aryl methyl sites for hydroxylation is 1. The Bertz CT molecular complexity index is 539. The maximum atomic E-state index is 5.75. The lowest BCUT2D eigenvalue weighted by Crippen LogP contribution is -2.16. The molecule has 1 aromatic carbocycles. The van der Waals surface area contributed by atoms with Crippen LogP contribution in [-0.4, -0.2) is 9.97 Å². The van der Waals surface area contributed by atoms with E-state index < -0.39 is 0 Å². The fraction of sp³-hybridized carbons (Fsp3) is 0.385. The van der Waals surface area contributed by atoms with Crippen molar-refractivity contribution in [1.82, 2.24) is 9.97 Å². The Labute approximate surface area is 95.7 Å². The van der Waals surface area contributed by atoms with Gasteiger partial charge in [-0.3, -0.25) is 0 Å². The first-order valence-corrected chi connectivity index (χ1v) is 5.42. The number of benzene rings is 1. The monoisotopic (exact) mass is 215 g/mol. The third-order valence-corrected chi connectivity index (χ3v) is 2.57. The van der Waals surface area contributed by atoms with Crippen LogP contribution in [0, 0.1) is 6.92 Å². The van der Waals surface area contributed by atoms with Gasteiger partial charge in [-0.2, -0.15) is 0 Å². The van der Waals surface area contributed by atoms with Crippen molar-refractivity contribution < 1.29 is 0 Å². The number of hydrogen-bond acceptors (Lipinski definition) is 3. The molecule has 3 nitrogen and oxygen atoms in total. The SMILES string of the molecule is Cc1nc2ccc(N)cc2nc1C(C)(C)C. The van der Waals surface area contributed by atoms with E-state index in [4.69, 9.17) is 5.73 Å². The second-order valence-electron chi connectivity index (χ2n) is 5.16. The molecule has 0 fully saturated rings. The zero-order chi connectivity index (χ0) is 11.9. The summed E-state index contributed by atoms with van der Waals surface area (Å²) in [5.41, 5.74) is 10.3. The van der Waals surface area contributed by atoms with Crippen LogP contribution in [0.2, 0.25) is 0 Å². The molecule has 2 aromatic rings. The van der Waals surface area contributed by atoms with Crippen molar-refractivity contribution in [3.63, 3.8) is 0 Å². The van der Waals surface area contributed by atoms with Gasteiger partial charge in [0.1, 0.15) is 0 Å². The standard InChI is InChI=1S/C13H17N3/c1-8-12(13(2,3)4)16-11-7-9(14)5-6-10(11)15-8/h5-7H,14H2,1-4H3. The van der Waals surface area contributed by atoms with Crippen molar-refractivity contribution in [3.05, 3.63) is 29.6 Å². The number of rotatable bonds is 0. The normalized spacial score (nSPS) is 12.0. The molecular formula is C13H17N3. The van der Waals surface area contributed by atoms with E-state index in [-0.39, 0.29) is 5.41 Å². The molecule has 2 rings (SSSR count). The number of aromatic nitrogens is 2. The van der Waals surface area contributed by atoms with Crippen LogP contribution in [0.4, 0.5) is 5.69 Å². The van der Waals surface area contributed by atoms with Crippen LogP contribution in [0.1, 0.15) is 32.2 Å². The molecule has 2 N–H and O–H groups in total. The molecule has 1 heterocycles. The van der Waals surface area contributed by atoms with Crippen LogP contribution in [0.3, 0.4) is 0 Å². The highest BCUT2D eigenvalue weighted by molar-refractivity contribution is 5.78. The molecule has 16 heavy (non-hydrogen) atoms. The number of nitrogens with two attached hydrogens (primary N) is 1. The van der Waals surface area contributed by atoms with Gasteiger partial charge >= 0.3 is 0 Å². The fourth-order valence-corrected chi connectivity index (χ4v) is 1.87. The first-order chi connectivity index (χ1) is 7.38. The maximum Gasteiger partial charge on any atom is 0.0911 e. The molecule has 84 valence electrons. The highest BCUT2D eigenvalue weighted by Crippen LogP contribution is 2.25. The topological polar surface area (TPSA) is 51.8 Å². The van der Waals surface area contributed by atoms with Gasteiger partial charge in [0.25, 0.3) is 0 Å². The quantitative estimate of drug-likeness (QED) is 0.687. The number of nitrogens with zero attached hydrogens (tertiary/aromatic N) is 2. The molecule has 0 saturated heterocycles. The summed E-state index contributed by atoms with van der Waals surface area (Å²) < 4.78 is 0. The molecular weight excluding hydrogens is 198 g/mol. The molecule has 0 bridgehead atoms. The van der Waals surface area contributed by atoms with Crippen molar-refractivity contribution in [2.75, 3.05) is 5.73 Å². The Hall–Kier alpha value is -1.64. The zero-order valence-electron chi connectivity index (χ0n) is 10.2. The van der Waals surface area contributed by atoms with Crippen LogP contribution in [0.5, 0.6) is 0 Å². The summed E-state index contributed by atoms with van der Waals surface area (Å²) >= 11 is 0. The van der Waals surface area contributed by atoms with Gasteiger partial charge in [0.05, 0.1) is 22.4 Å². The molecule has 0 radical (unpaired) electrons. The summed E-state index contributed by atoms with van der Waals surface area (Å²) in [6.45, 7) is 8.43. The maximum absolute atomic E-state index is 5.75. The summed E-state index contributed by atoms with van der Waals surface area (Å²) in [5.74, 6) is 0. The fourth-order valence-electron chi connectivity index (χ4n) is 1.87. The highest BCUT2D eigenvalue weighted by atomic mass is 14.8. The number of nitrogen functional groups attached to an aromatic ring is 1. The number of fused-ring (bicyclic) bond motifs is 1. The molecule has 0 spiro atoms. The Morgan fingerprint density at radius 2 is 1.75 bits per heavy atom. The van der Waals surface area contributed by atoms with Gasteiger partial charge in [-0.15, -0.1) is 0 Å². The molecule has 3 heteroatoms. The largest absolute Gasteiger partial charge is 0.399 e. The van der Waals surface area contributed by atoms with Gasteiger partial charge in [-0.05, 0) is 25.1 Å². The lowest BCUT2D eigenvalue weighted by Gasteiger charge is -2.20. The Morgan fingerprint density at radius 3 is 2.38 bits per heavy atom. The van der Waals surface area contributed by atoms with Crippen molar-refractivity contribution in [1.29, 1.82) is 0 Å². The van der Waals surface area contributed by atoms with Gasteiger partial charge in [0.2, 0.25) is 0 Å². The van der Waals surface area contributed by atoms with Crippen LogP contribution in [0.15, 0.2) is 18.2 Å². The van der Waals surface area contributed by atoms with E-state index in [0.717, 1.165) is 28.1 Å². The van der Waals surface area contributed by atoms with Crippen molar-refractivity contribution >= 4 is 16.7 Å². The molecule has 0 amide bonds. The molecule has 0 aliphatic carbocycles. The predicted molar refractivity (Wildman–Crippen MR) is 67.4 cm³/mol. The highest BCUT2D eigenvalue weighted by Gasteiger charge is 2.19. The van der Waals surface area contributed by atoms with E-state index in [1.165, 1.54) is 0 Å². The van der Waals surface area contributed by atoms with E-state index in [0.29, 0.717) is 0 Å². The first kappa shape index (κ1) is 10.9. The van der Waals surface area contributed by atoms with E-state index >= 15 is 0 Å². The van der Waals surface area contributed by atoms with Gasteiger partial charge in [-0.25, -0.2) is 9.97 Å². The Balaban J connectivity index is 2.74. The smallest absolute Gasteiger partial charge is 0.0911 e. The van der Waals surface area contributed by atoms with Gasteiger partial charge < -0.3 is 5.73 Å². The molecule has 0 saturated carbocycles. The van der Waals surface area contributed by atoms with Crippen LogP contribution < -0.4 is 5.73 Å². The second-order valence-corrected chi connectivity index (χ2v) is 5.16. The van der Waals surface area contributed by atoms with Crippen LogP contribution in [-0.2, 0) is 5.41 Å². The number of hydrogen-bond donors (Lipinski definition) is 1. The van der Waals surface area contributed by atoms with Crippen LogP contribution >= 0.6 is 0 Å². The Kier molecular flexibility index (Phi) is 2.34. The van der Waals surface area contributed by atoms with Crippen molar-refractivity contribution in [2.45, 2.75) is 33.1 Å². The van der Waals surface area contributed by atoms with E-state index in [1.807, 2.05) is 25.1 Å². The minimum Gasteiger partial charge on any atom is -0.399 e. The molecule has 0 aliphatic rings. The van der Waals surface area contributed by atoms with Gasteiger partial charge in [0.15, 0.2) is 0 Å². The minimum atomic E-state index is 0.00980. The van der Waals surface area contributed by atoms with Crippen molar-refractivity contribution in [2.24, 2.45) is 0 Å².